The Morgan fingerprint density at radius 2 is 2.25 bits per heavy atom. The molecule has 110 valence electrons. The van der Waals surface area contributed by atoms with Gasteiger partial charge in [0.15, 0.2) is 10.7 Å². The molecule has 10 heteroatoms. The monoisotopic (exact) mass is 316 g/mol. The van der Waals surface area contributed by atoms with Gasteiger partial charge < -0.3 is 16.0 Å². The first kappa shape index (κ1) is 14.8. The van der Waals surface area contributed by atoms with Crippen molar-refractivity contribution < 1.29 is 8.42 Å². The molecular formula is C10H16N6O2S2. The van der Waals surface area contributed by atoms with E-state index in [-0.39, 0.29) is 10.7 Å². The van der Waals surface area contributed by atoms with Crippen LogP contribution >= 0.6 is 11.5 Å². The number of nitrogens with zero attached hydrogens (tertiary/aromatic N) is 3. The van der Waals surface area contributed by atoms with Crippen LogP contribution < -0.4 is 11.1 Å². The zero-order valence-corrected chi connectivity index (χ0v) is 12.8. The third-order valence-corrected chi connectivity index (χ3v) is 5.45. The van der Waals surface area contributed by atoms with Crippen LogP contribution in [0.1, 0.15) is 5.82 Å². The lowest BCUT2D eigenvalue weighted by molar-refractivity contribution is 0.521. The van der Waals surface area contributed by atoms with Crippen molar-refractivity contribution >= 4 is 32.4 Å². The van der Waals surface area contributed by atoms with Gasteiger partial charge in [-0.2, -0.15) is 4.37 Å². The van der Waals surface area contributed by atoms with Gasteiger partial charge in [0.25, 0.3) is 0 Å². The molecule has 0 aliphatic carbocycles. The SMILES string of the molecule is CN(C)S(=O)(=O)c1c(N)nsc1NCCc1ncc[nH]1. The van der Waals surface area contributed by atoms with E-state index in [0.717, 1.165) is 21.7 Å². The maximum Gasteiger partial charge on any atom is 0.249 e. The maximum atomic E-state index is 12.2. The molecule has 2 rings (SSSR count). The van der Waals surface area contributed by atoms with E-state index in [0.29, 0.717) is 18.0 Å². The van der Waals surface area contributed by atoms with Crippen LogP contribution in [0.25, 0.3) is 0 Å². The number of nitrogens with two attached hydrogens (primary N) is 1. The minimum absolute atomic E-state index is 0.0178. The Labute approximate surface area is 121 Å². The number of nitrogens with one attached hydrogen (secondary N) is 2. The fourth-order valence-electron chi connectivity index (χ4n) is 1.57. The lowest BCUT2D eigenvalue weighted by atomic mass is 10.4. The molecule has 2 aromatic rings. The number of nitrogen functional groups attached to an aromatic ring is 1. The van der Waals surface area contributed by atoms with Crippen LogP contribution in [0.5, 0.6) is 0 Å². The van der Waals surface area contributed by atoms with Crippen molar-refractivity contribution in [2.45, 2.75) is 11.3 Å². The van der Waals surface area contributed by atoms with Crippen molar-refractivity contribution in [1.29, 1.82) is 0 Å². The van der Waals surface area contributed by atoms with Gasteiger partial charge in [0.1, 0.15) is 10.8 Å². The molecule has 0 aliphatic heterocycles. The van der Waals surface area contributed by atoms with Crippen molar-refractivity contribution in [3.63, 3.8) is 0 Å². The summed E-state index contributed by atoms with van der Waals surface area (Å²) >= 11 is 1.04. The van der Waals surface area contributed by atoms with E-state index >= 15 is 0 Å². The van der Waals surface area contributed by atoms with Crippen LogP contribution in [0, 0.1) is 0 Å². The second-order valence-corrected chi connectivity index (χ2v) is 7.09. The van der Waals surface area contributed by atoms with Crippen molar-refractivity contribution in [2.75, 3.05) is 31.7 Å². The van der Waals surface area contributed by atoms with Crippen molar-refractivity contribution in [3.8, 4) is 0 Å². The lowest BCUT2D eigenvalue weighted by Crippen LogP contribution is -2.23. The average molecular weight is 316 g/mol. The summed E-state index contributed by atoms with van der Waals surface area (Å²) in [5, 5.41) is 3.49. The minimum atomic E-state index is -3.61. The molecule has 0 unspecified atom stereocenters. The molecule has 4 N–H and O–H groups in total. The topological polar surface area (TPSA) is 117 Å². The van der Waals surface area contributed by atoms with E-state index in [1.54, 1.807) is 12.4 Å². The van der Waals surface area contributed by atoms with Crippen LogP contribution in [0.4, 0.5) is 10.8 Å². The number of imidazole rings is 1. The highest BCUT2D eigenvalue weighted by atomic mass is 32.2. The third kappa shape index (κ3) is 2.92. The molecule has 2 aromatic heterocycles. The zero-order valence-electron chi connectivity index (χ0n) is 11.1. The van der Waals surface area contributed by atoms with E-state index in [1.165, 1.54) is 14.1 Å². The van der Waals surface area contributed by atoms with Gasteiger partial charge in [-0.25, -0.2) is 17.7 Å². The summed E-state index contributed by atoms with van der Waals surface area (Å²) in [7, 11) is -0.694. The van der Waals surface area contributed by atoms with E-state index in [9.17, 15) is 8.42 Å². The van der Waals surface area contributed by atoms with Gasteiger partial charge in [-0.3, -0.25) is 0 Å². The summed E-state index contributed by atoms with van der Waals surface area (Å²) in [4.78, 5) is 7.10. The normalized spacial score (nSPS) is 11.9. The van der Waals surface area contributed by atoms with Crippen LogP contribution in [-0.4, -0.2) is 47.7 Å². The summed E-state index contributed by atoms with van der Waals surface area (Å²) < 4.78 is 29.4. The lowest BCUT2D eigenvalue weighted by Gasteiger charge is -2.12. The number of aromatic amines is 1. The summed E-state index contributed by atoms with van der Waals surface area (Å²) in [5.41, 5.74) is 5.67. The smallest absolute Gasteiger partial charge is 0.249 e. The van der Waals surface area contributed by atoms with Gasteiger partial charge in [0, 0.05) is 39.5 Å². The van der Waals surface area contributed by atoms with Crippen LogP contribution in [0.3, 0.4) is 0 Å². The zero-order chi connectivity index (χ0) is 14.8. The molecule has 8 nitrogen and oxygen atoms in total. The molecule has 0 amide bonds. The highest BCUT2D eigenvalue weighted by Gasteiger charge is 2.27. The number of hydrogen-bond donors (Lipinski definition) is 3. The predicted octanol–water partition coefficient (Wildman–Crippen LogP) is 0.353. The largest absolute Gasteiger partial charge is 0.382 e. The first-order chi connectivity index (χ1) is 9.43. The number of sulfonamides is 1. The molecule has 0 aliphatic rings. The van der Waals surface area contributed by atoms with E-state index in [4.69, 9.17) is 5.73 Å². The van der Waals surface area contributed by atoms with Crippen molar-refractivity contribution in [3.05, 3.63) is 18.2 Å². The minimum Gasteiger partial charge on any atom is -0.382 e. The Morgan fingerprint density at radius 1 is 1.50 bits per heavy atom. The highest BCUT2D eigenvalue weighted by Crippen LogP contribution is 2.32. The van der Waals surface area contributed by atoms with Crippen molar-refractivity contribution in [2.24, 2.45) is 0 Å². The van der Waals surface area contributed by atoms with Gasteiger partial charge in [-0.05, 0) is 11.5 Å². The number of anilines is 2. The number of aromatic nitrogens is 3. The molecule has 0 fully saturated rings. The molecule has 0 spiro atoms. The second-order valence-electron chi connectivity index (χ2n) is 4.23. The van der Waals surface area contributed by atoms with Gasteiger partial charge >= 0.3 is 0 Å². The third-order valence-electron chi connectivity index (χ3n) is 2.62. The van der Waals surface area contributed by atoms with Gasteiger partial charge in [0.2, 0.25) is 10.0 Å². The number of hydrogen-bond acceptors (Lipinski definition) is 7. The van der Waals surface area contributed by atoms with E-state index in [2.05, 4.69) is 19.7 Å². The Bertz CT molecular complexity index is 662. The fraction of sp³-hybridized carbons (Fsp3) is 0.400. The van der Waals surface area contributed by atoms with Crippen LogP contribution in [0.2, 0.25) is 0 Å². The number of rotatable bonds is 6. The molecular weight excluding hydrogens is 300 g/mol. The van der Waals surface area contributed by atoms with Crippen molar-refractivity contribution in [1.82, 2.24) is 18.6 Å². The number of H-pyrrole nitrogens is 1. The summed E-state index contributed by atoms with van der Waals surface area (Å²) in [6.45, 7) is 0.533. The second kappa shape index (κ2) is 5.77. The average Bonchev–Trinajstić information content (AvgIpc) is 2.99. The predicted molar refractivity (Wildman–Crippen MR) is 78.2 cm³/mol. The Balaban J connectivity index is 2.13. The summed E-state index contributed by atoms with van der Waals surface area (Å²) in [5.74, 6) is 0.844. The van der Waals surface area contributed by atoms with E-state index < -0.39 is 10.0 Å². The van der Waals surface area contributed by atoms with E-state index in [1.807, 2.05) is 0 Å². The van der Waals surface area contributed by atoms with Gasteiger partial charge in [-0.15, -0.1) is 0 Å². The summed E-state index contributed by atoms with van der Waals surface area (Å²) in [6, 6.07) is 0. The molecule has 2 heterocycles. The first-order valence-electron chi connectivity index (χ1n) is 5.82. The van der Waals surface area contributed by atoms with Gasteiger partial charge in [0.05, 0.1) is 0 Å². The highest BCUT2D eigenvalue weighted by molar-refractivity contribution is 7.89. The van der Waals surface area contributed by atoms with Crippen LogP contribution in [0.15, 0.2) is 17.3 Å². The molecule has 0 radical (unpaired) electrons. The van der Waals surface area contributed by atoms with Gasteiger partial charge in [-0.1, -0.05) is 0 Å². The standard InChI is InChI=1S/C10H16N6O2S2/c1-16(2)20(17,18)8-9(11)15-19-10(8)14-4-3-7-12-5-6-13-7/h5-6,14H,3-4H2,1-2H3,(H2,11,15)(H,12,13). The first-order valence-corrected chi connectivity index (χ1v) is 8.04. The van der Waals surface area contributed by atoms with Crippen LogP contribution in [-0.2, 0) is 16.4 Å². The molecule has 0 bridgehead atoms. The Morgan fingerprint density at radius 3 is 2.85 bits per heavy atom. The summed E-state index contributed by atoms with van der Waals surface area (Å²) in [6.07, 6.45) is 4.05. The molecule has 0 saturated carbocycles. The maximum absolute atomic E-state index is 12.2. The molecule has 0 atom stereocenters. The quantitative estimate of drug-likeness (QED) is 0.708. The molecule has 20 heavy (non-hydrogen) atoms. The Hall–Kier alpha value is -1.65. The Kier molecular flexibility index (Phi) is 4.26. The molecule has 0 aromatic carbocycles. The fourth-order valence-corrected chi connectivity index (χ4v) is 3.67. The molecule has 0 saturated heterocycles.